The lowest BCUT2D eigenvalue weighted by Crippen LogP contribution is -2.25. The maximum absolute atomic E-state index is 11.7. The molecular weight excluding hydrogens is 274 g/mol. The maximum Gasteiger partial charge on any atom is 0.337 e. The van der Waals surface area contributed by atoms with Crippen molar-refractivity contribution in [2.24, 2.45) is 5.92 Å². The molecule has 2 N–H and O–H groups in total. The second-order valence-electron chi connectivity index (χ2n) is 4.87. The van der Waals surface area contributed by atoms with E-state index >= 15 is 0 Å². The Kier molecular flexibility index (Phi) is 6.39. The van der Waals surface area contributed by atoms with Crippen molar-refractivity contribution in [3.8, 4) is 0 Å². The number of carbonyl (C=O) groups is 3. The first-order chi connectivity index (χ1) is 9.92. The highest BCUT2D eigenvalue weighted by molar-refractivity contribution is 5.89. The molecule has 0 aliphatic heterocycles. The van der Waals surface area contributed by atoms with E-state index in [-0.39, 0.29) is 24.7 Å². The van der Waals surface area contributed by atoms with Crippen LogP contribution in [0.1, 0.15) is 35.7 Å². The number of benzene rings is 1. The molecule has 6 heteroatoms. The molecule has 1 aromatic carbocycles. The number of amides is 1. The van der Waals surface area contributed by atoms with E-state index < -0.39 is 11.9 Å². The summed E-state index contributed by atoms with van der Waals surface area (Å²) < 4.78 is 4.59. The van der Waals surface area contributed by atoms with E-state index in [1.807, 2.05) is 0 Å². The highest BCUT2D eigenvalue weighted by Gasteiger charge is 2.12. The summed E-state index contributed by atoms with van der Waals surface area (Å²) in [5.74, 6) is -1.72. The van der Waals surface area contributed by atoms with Crippen molar-refractivity contribution >= 4 is 17.8 Å². The Labute approximate surface area is 123 Å². The molecule has 0 bridgehead atoms. The number of esters is 1. The van der Waals surface area contributed by atoms with Crippen LogP contribution in [0, 0.1) is 5.92 Å². The molecule has 21 heavy (non-hydrogen) atoms. The maximum atomic E-state index is 11.7. The van der Waals surface area contributed by atoms with Crippen LogP contribution in [-0.2, 0) is 20.9 Å². The van der Waals surface area contributed by atoms with Gasteiger partial charge in [-0.05, 0) is 23.6 Å². The van der Waals surface area contributed by atoms with Crippen molar-refractivity contribution in [2.75, 3.05) is 7.11 Å². The summed E-state index contributed by atoms with van der Waals surface area (Å²) >= 11 is 0. The standard InChI is InChI=1S/C15H19NO5/c1-10(8-14(18)19)7-13(17)16-9-11-3-5-12(6-4-11)15(20)21-2/h3-6,10H,7-9H2,1-2H3,(H,16,17)(H,18,19). The molecule has 0 saturated heterocycles. The number of hydrogen-bond donors (Lipinski definition) is 2. The van der Waals surface area contributed by atoms with Crippen LogP contribution in [0.4, 0.5) is 0 Å². The van der Waals surface area contributed by atoms with Crippen LogP contribution >= 0.6 is 0 Å². The van der Waals surface area contributed by atoms with Crippen LogP contribution < -0.4 is 5.32 Å². The number of methoxy groups -OCH3 is 1. The van der Waals surface area contributed by atoms with Gasteiger partial charge in [0.1, 0.15) is 0 Å². The number of hydrogen-bond acceptors (Lipinski definition) is 4. The number of aliphatic carboxylic acids is 1. The molecule has 6 nitrogen and oxygen atoms in total. The highest BCUT2D eigenvalue weighted by atomic mass is 16.5. The summed E-state index contributed by atoms with van der Waals surface area (Å²) in [5.41, 5.74) is 1.30. The molecule has 0 saturated carbocycles. The molecule has 0 fully saturated rings. The van der Waals surface area contributed by atoms with Gasteiger partial charge in [-0.2, -0.15) is 0 Å². The monoisotopic (exact) mass is 293 g/mol. The minimum absolute atomic E-state index is 0.0265. The van der Waals surface area contributed by atoms with Crippen LogP contribution in [0.25, 0.3) is 0 Å². The first-order valence-electron chi connectivity index (χ1n) is 6.58. The largest absolute Gasteiger partial charge is 0.481 e. The van der Waals surface area contributed by atoms with E-state index in [0.29, 0.717) is 12.1 Å². The molecule has 1 aromatic rings. The van der Waals surface area contributed by atoms with Gasteiger partial charge in [0.05, 0.1) is 12.7 Å². The Morgan fingerprint density at radius 3 is 2.33 bits per heavy atom. The zero-order valence-electron chi connectivity index (χ0n) is 12.1. The van der Waals surface area contributed by atoms with Gasteiger partial charge in [-0.15, -0.1) is 0 Å². The normalized spacial score (nSPS) is 11.5. The number of carbonyl (C=O) groups excluding carboxylic acids is 2. The SMILES string of the molecule is COC(=O)c1ccc(CNC(=O)CC(C)CC(=O)O)cc1. The van der Waals surface area contributed by atoms with Crippen LogP contribution in [0.2, 0.25) is 0 Å². The Morgan fingerprint density at radius 1 is 1.19 bits per heavy atom. The third kappa shape index (κ3) is 6.07. The van der Waals surface area contributed by atoms with Crippen molar-refractivity contribution < 1.29 is 24.2 Å². The summed E-state index contributed by atoms with van der Waals surface area (Å²) in [6, 6.07) is 6.71. The molecule has 1 amide bonds. The van der Waals surface area contributed by atoms with E-state index in [1.165, 1.54) is 7.11 Å². The van der Waals surface area contributed by atoms with Crippen molar-refractivity contribution in [1.29, 1.82) is 0 Å². The lowest BCUT2D eigenvalue weighted by atomic mass is 10.0. The zero-order valence-corrected chi connectivity index (χ0v) is 12.1. The Morgan fingerprint density at radius 2 is 1.81 bits per heavy atom. The van der Waals surface area contributed by atoms with Gasteiger partial charge in [0.25, 0.3) is 0 Å². The first kappa shape index (κ1) is 16.7. The molecule has 1 rings (SSSR count). The van der Waals surface area contributed by atoms with Crippen LogP contribution in [0.5, 0.6) is 0 Å². The summed E-state index contributed by atoms with van der Waals surface area (Å²) in [6.45, 7) is 2.05. The Balaban J connectivity index is 2.42. The van der Waals surface area contributed by atoms with Gasteiger partial charge in [0.2, 0.25) is 5.91 Å². The van der Waals surface area contributed by atoms with Gasteiger partial charge in [-0.1, -0.05) is 19.1 Å². The van der Waals surface area contributed by atoms with E-state index in [2.05, 4.69) is 10.1 Å². The van der Waals surface area contributed by atoms with Crippen molar-refractivity contribution in [3.05, 3.63) is 35.4 Å². The van der Waals surface area contributed by atoms with E-state index in [4.69, 9.17) is 5.11 Å². The van der Waals surface area contributed by atoms with Crippen molar-refractivity contribution in [3.63, 3.8) is 0 Å². The second-order valence-corrected chi connectivity index (χ2v) is 4.87. The summed E-state index contributed by atoms with van der Waals surface area (Å²) in [5, 5.41) is 11.3. The second kappa shape index (κ2) is 8.04. The molecule has 114 valence electrons. The third-order valence-corrected chi connectivity index (χ3v) is 2.92. The molecule has 1 unspecified atom stereocenters. The highest BCUT2D eigenvalue weighted by Crippen LogP contribution is 2.08. The number of ether oxygens (including phenoxy) is 1. The number of carboxylic acid groups (broad SMARTS) is 1. The molecule has 0 heterocycles. The Bertz CT molecular complexity index is 509. The van der Waals surface area contributed by atoms with Gasteiger partial charge in [-0.3, -0.25) is 9.59 Å². The molecule has 0 aliphatic carbocycles. The van der Waals surface area contributed by atoms with Crippen LogP contribution in [0.3, 0.4) is 0 Å². The van der Waals surface area contributed by atoms with Gasteiger partial charge < -0.3 is 15.2 Å². The number of rotatable bonds is 7. The zero-order chi connectivity index (χ0) is 15.8. The predicted octanol–water partition coefficient (Wildman–Crippen LogP) is 1.59. The molecule has 0 aliphatic rings. The topological polar surface area (TPSA) is 92.7 Å². The molecular formula is C15H19NO5. The minimum Gasteiger partial charge on any atom is -0.481 e. The van der Waals surface area contributed by atoms with Gasteiger partial charge in [0.15, 0.2) is 0 Å². The van der Waals surface area contributed by atoms with Crippen molar-refractivity contribution in [2.45, 2.75) is 26.3 Å². The van der Waals surface area contributed by atoms with Crippen LogP contribution in [-0.4, -0.2) is 30.1 Å². The summed E-state index contributed by atoms with van der Waals surface area (Å²) in [4.78, 5) is 33.4. The van der Waals surface area contributed by atoms with E-state index in [1.54, 1.807) is 31.2 Å². The average molecular weight is 293 g/mol. The smallest absolute Gasteiger partial charge is 0.337 e. The van der Waals surface area contributed by atoms with Gasteiger partial charge in [0, 0.05) is 19.4 Å². The fourth-order valence-corrected chi connectivity index (χ4v) is 1.84. The summed E-state index contributed by atoms with van der Waals surface area (Å²) in [6.07, 6.45) is 0.147. The van der Waals surface area contributed by atoms with Gasteiger partial charge in [-0.25, -0.2) is 4.79 Å². The quantitative estimate of drug-likeness (QED) is 0.745. The fourth-order valence-electron chi connectivity index (χ4n) is 1.84. The molecule has 1 atom stereocenters. The average Bonchev–Trinajstić information content (AvgIpc) is 2.43. The predicted molar refractivity (Wildman–Crippen MR) is 75.7 cm³/mol. The van der Waals surface area contributed by atoms with Crippen molar-refractivity contribution in [1.82, 2.24) is 5.32 Å². The van der Waals surface area contributed by atoms with Gasteiger partial charge >= 0.3 is 11.9 Å². The van der Waals surface area contributed by atoms with E-state index in [9.17, 15) is 14.4 Å². The number of nitrogens with one attached hydrogen (secondary N) is 1. The lowest BCUT2D eigenvalue weighted by molar-refractivity contribution is -0.138. The fraction of sp³-hybridized carbons (Fsp3) is 0.400. The molecule has 0 radical (unpaired) electrons. The molecule has 0 aromatic heterocycles. The van der Waals surface area contributed by atoms with Crippen LogP contribution in [0.15, 0.2) is 24.3 Å². The summed E-state index contributed by atoms with van der Waals surface area (Å²) in [7, 11) is 1.31. The third-order valence-electron chi connectivity index (χ3n) is 2.92. The van der Waals surface area contributed by atoms with E-state index in [0.717, 1.165) is 5.56 Å². The first-order valence-corrected chi connectivity index (χ1v) is 6.58. The lowest BCUT2D eigenvalue weighted by Gasteiger charge is -2.09. The minimum atomic E-state index is -0.909. The Hall–Kier alpha value is -2.37. The molecule has 0 spiro atoms. The number of carboxylic acids is 1.